The summed E-state index contributed by atoms with van der Waals surface area (Å²) in [4.78, 5) is 14.4. The van der Waals surface area contributed by atoms with E-state index in [1.54, 1.807) is 6.07 Å². The second kappa shape index (κ2) is 7.87. The van der Waals surface area contributed by atoms with Crippen LogP contribution >= 0.6 is 23.2 Å². The number of rotatable bonds is 4. The van der Waals surface area contributed by atoms with Gasteiger partial charge in [0.2, 0.25) is 5.91 Å². The highest BCUT2D eigenvalue weighted by Crippen LogP contribution is 2.30. The fourth-order valence-corrected chi connectivity index (χ4v) is 4.17. The van der Waals surface area contributed by atoms with Crippen LogP contribution in [-0.2, 0) is 9.53 Å². The Morgan fingerprint density at radius 1 is 1.17 bits per heavy atom. The number of halogens is 2. The first-order valence-electron chi connectivity index (χ1n) is 8.47. The van der Waals surface area contributed by atoms with E-state index in [0.717, 1.165) is 17.9 Å². The zero-order chi connectivity index (χ0) is 16.2. The van der Waals surface area contributed by atoms with Crippen molar-refractivity contribution in [3.63, 3.8) is 0 Å². The van der Waals surface area contributed by atoms with Crippen LogP contribution in [0.25, 0.3) is 0 Å². The van der Waals surface area contributed by atoms with Crippen molar-refractivity contribution in [2.75, 3.05) is 19.7 Å². The average molecular weight is 356 g/mol. The van der Waals surface area contributed by atoms with Crippen LogP contribution in [0.1, 0.15) is 50.2 Å². The van der Waals surface area contributed by atoms with Gasteiger partial charge in [-0.15, -0.1) is 0 Å². The lowest BCUT2D eigenvalue weighted by Crippen LogP contribution is -2.42. The number of hydrogen-bond acceptors (Lipinski definition) is 2. The predicted octanol–water partition coefficient (Wildman–Crippen LogP) is 4.86. The molecule has 1 atom stereocenters. The molecule has 0 spiro atoms. The van der Waals surface area contributed by atoms with Crippen molar-refractivity contribution in [1.29, 1.82) is 0 Å². The third kappa shape index (κ3) is 4.62. The normalized spacial score (nSPS) is 22.5. The maximum Gasteiger partial charge on any atom is 0.222 e. The maximum atomic E-state index is 12.5. The summed E-state index contributed by atoms with van der Waals surface area (Å²) in [6, 6.07) is 5.44. The summed E-state index contributed by atoms with van der Waals surface area (Å²) in [7, 11) is 0. The van der Waals surface area contributed by atoms with Gasteiger partial charge in [-0.2, -0.15) is 0 Å². The number of benzene rings is 1. The SMILES string of the molecule is O=C(CCC1CCCC1)N1CCOC(c2cc(Cl)cc(Cl)c2)C1. The zero-order valence-corrected chi connectivity index (χ0v) is 14.8. The molecule has 3 nitrogen and oxygen atoms in total. The highest BCUT2D eigenvalue weighted by molar-refractivity contribution is 6.34. The van der Waals surface area contributed by atoms with Gasteiger partial charge in [0.25, 0.3) is 0 Å². The fourth-order valence-electron chi connectivity index (χ4n) is 3.62. The lowest BCUT2D eigenvalue weighted by molar-refractivity contribution is -0.139. The smallest absolute Gasteiger partial charge is 0.222 e. The minimum atomic E-state index is -0.143. The van der Waals surface area contributed by atoms with Gasteiger partial charge in [0.05, 0.1) is 13.2 Å². The molecule has 0 radical (unpaired) electrons. The molecule has 1 aromatic rings. The molecule has 1 aliphatic carbocycles. The molecule has 0 bridgehead atoms. The highest BCUT2D eigenvalue weighted by Gasteiger charge is 2.26. The molecule has 0 aromatic heterocycles. The van der Waals surface area contributed by atoms with Crippen molar-refractivity contribution in [1.82, 2.24) is 4.90 Å². The zero-order valence-electron chi connectivity index (χ0n) is 13.3. The van der Waals surface area contributed by atoms with E-state index < -0.39 is 0 Å². The molecule has 5 heteroatoms. The fraction of sp³-hybridized carbons (Fsp3) is 0.611. The van der Waals surface area contributed by atoms with Gasteiger partial charge in [-0.1, -0.05) is 48.9 Å². The molecule has 1 aromatic carbocycles. The Labute approximate surface area is 147 Å². The molecule has 1 saturated heterocycles. The van der Waals surface area contributed by atoms with E-state index in [2.05, 4.69) is 0 Å². The van der Waals surface area contributed by atoms with E-state index in [-0.39, 0.29) is 12.0 Å². The van der Waals surface area contributed by atoms with Crippen molar-refractivity contribution >= 4 is 29.1 Å². The van der Waals surface area contributed by atoms with Crippen molar-refractivity contribution in [2.24, 2.45) is 5.92 Å². The molecule has 2 fully saturated rings. The van der Waals surface area contributed by atoms with Gasteiger partial charge in [-0.05, 0) is 36.1 Å². The summed E-state index contributed by atoms with van der Waals surface area (Å²) in [6.07, 6.45) is 6.79. The van der Waals surface area contributed by atoms with Gasteiger partial charge in [-0.25, -0.2) is 0 Å². The number of morpholine rings is 1. The Morgan fingerprint density at radius 3 is 2.57 bits per heavy atom. The second-order valence-electron chi connectivity index (χ2n) is 6.59. The van der Waals surface area contributed by atoms with E-state index in [0.29, 0.717) is 36.2 Å². The van der Waals surface area contributed by atoms with Gasteiger partial charge in [-0.3, -0.25) is 4.79 Å². The molecular weight excluding hydrogens is 333 g/mol. The molecular formula is C18H23Cl2NO2. The van der Waals surface area contributed by atoms with Crippen LogP contribution in [-0.4, -0.2) is 30.5 Å². The molecule has 1 heterocycles. The van der Waals surface area contributed by atoms with Gasteiger partial charge in [0, 0.05) is 23.0 Å². The Morgan fingerprint density at radius 2 is 1.87 bits per heavy atom. The van der Waals surface area contributed by atoms with Crippen molar-refractivity contribution in [3.8, 4) is 0 Å². The first kappa shape index (κ1) is 17.1. The van der Waals surface area contributed by atoms with Crippen molar-refractivity contribution < 1.29 is 9.53 Å². The van der Waals surface area contributed by atoms with Crippen LogP contribution in [0.5, 0.6) is 0 Å². The summed E-state index contributed by atoms with van der Waals surface area (Å²) >= 11 is 12.1. The second-order valence-corrected chi connectivity index (χ2v) is 7.46. The van der Waals surface area contributed by atoms with Crippen molar-refractivity contribution in [2.45, 2.75) is 44.6 Å². The maximum absolute atomic E-state index is 12.5. The molecule has 126 valence electrons. The standard InChI is InChI=1S/C18H23Cl2NO2/c19-15-9-14(10-16(20)11-15)17-12-21(7-8-23-17)18(22)6-5-13-3-1-2-4-13/h9-11,13,17H,1-8,12H2. The molecule has 2 aliphatic rings. The lowest BCUT2D eigenvalue weighted by atomic mass is 10.0. The highest BCUT2D eigenvalue weighted by atomic mass is 35.5. The van der Waals surface area contributed by atoms with Gasteiger partial charge in [0.15, 0.2) is 0 Å². The summed E-state index contributed by atoms with van der Waals surface area (Å²) < 4.78 is 5.82. The molecule has 1 saturated carbocycles. The minimum absolute atomic E-state index is 0.143. The molecule has 3 rings (SSSR count). The van der Waals surface area contributed by atoms with Crippen LogP contribution in [0.15, 0.2) is 18.2 Å². The number of amides is 1. The molecule has 1 unspecified atom stereocenters. The number of hydrogen-bond donors (Lipinski definition) is 0. The minimum Gasteiger partial charge on any atom is -0.370 e. The number of carbonyl (C=O) groups is 1. The first-order chi connectivity index (χ1) is 11.1. The Balaban J connectivity index is 1.57. The lowest BCUT2D eigenvalue weighted by Gasteiger charge is -2.33. The van der Waals surface area contributed by atoms with Crippen LogP contribution < -0.4 is 0 Å². The summed E-state index contributed by atoms with van der Waals surface area (Å²) in [6.45, 7) is 1.82. The van der Waals surface area contributed by atoms with Gasteiger partial charge in [0.1, 0.15) is 6.10 Å². The van der Waals surface area contributed by atoms with Crippen LogP contribution in [0.4, 0.5) is 0 Å². The van der Waals surface area contributed by atoms with E-state index in [1.807, 2.05) is 17.0 Å². The first-order valence-corrected chi connectivity index (χ1v) is 9.23. The summed E-state index contributed by atoms with van der Waals surface area (Å²) in [5.74, 6) is 1.00. The number of carbonyl (C=O) groups excluding carboxylic acids is 1. The molecule has 23 heavy (non-hydrogen) atoms. The Bertz CT molecular complexity index is 538. The Hall–Kier alpha value is -0.770. The Kier molecular flexibility index (Phi) is 5.84. The third-order valence-corrected chi connectivity index (χ3v) is 5.35. The summed E-state index contributed by atoms with van der Waals surface area (Å²) in [5, 5.41) is 1.20. The van der Waals surface area contributed by atoms with Crippen molar-refractivity contribution in [3.05, 3.63) is 33.8 Å². The summed E-state index contributed by atoms with van der Waals surface area (Å²) in [5.41, 5.74) is 0.941. The van der Waals surface area contributed by atoms with Crippen LogP contribution in [0.2, 0.25) is 10.0 Å². The van der Waals surface area contributed by atoms with Crippen LogP contribution in [0.3, 0.4) is 0 Å². The number of ether oxygens (including phenoxy) is 1. The number of nitrogens with zero attached hydrogens (tertiary/aromatic N) is 1. The van der Waals surface area contributed by atoms with E-state index in [1.165, 1.54) is 25.7 Å². The molecule has 1 aliphatic heterocycles. The predicted molar refractivity (Wildman–Crippen MR) is 92.9 cm³/mol. The quantitative estimate of drug-likeness (QED) is 0.771. The third-order valence-electron chi connectivity index (χ3n) is 4.92. The van der Waals surface area contributed by atoms with Crippen LogP contribution in [0, 0.1) is 5.92 Å². The van der Waals surface area contributed by atoms with E-state index in [9.17, 15) is 4.79 Å². The average Bonchev–Trinajstić information content (AvgIpc) is 3.05. The topological polar surface area (TPSA) is 29.5 Å². The molecule has 1 amide bonds. The molecule has 0 N–H and O–H groups in total. The monoisotopic (exact) mass is 355 g/mol. The van der Waals surface area contributed by atoms with E-state index >= 15 is 0 Å². The van der Waals surface area contributed by atoms with E-state index in [4.69, 9.17) is 27.9 Å². The van der Waals surface area contributed by atoms with Gasteiger partial charge >= 0.3 is 0 Å². The largest absolute Gasteiger partial charge is 0.370 e. The van der Waals surface area contributed by atoms with Gasteiger partial charge < -0.3 is 9.64 Å².